The van der Waals surface area contributed by atoms with E-state index in [2.05, 4.69) is 17.0 Å². The Kier molecular flexibility index (Phi) is 6.22. The Morgan fingerprint density at radius 1 is 1.15 bits per heavy atom. The maximum atomic E-state index is 13.0. The molecule has 1 saturated heterocycles. The van der Waals surface area contributed by atoms with Gasteiger partial charge < -0.3 is 9.80 Å². The summed E-state index contributed by atoms with van der Waals surface area (Å²) < 4.78 is 40.5. The van der Waals surface area contributed by atoms with E-state index in [0.29, 0.717) is 19.3 Å². The van der Waals surface area contributed by atoms with Crippen molar-refractivity contribution in [1.82, 2.24) is 4.90 Å². The van der Waals surface area contributed by atoms with Crippen molar-refractivity contribution in [2.24, 2.45) is 0 Å². The molecule has 1 fully saturated rings. The molecule has 0 atom stereocenters. The first-order chi connectivity index (χ1) is 14.8. The number of nitrogens with zero attached hydrogens (tertiary/aromatic N) is 2. The van der Waals surface area contributed by atoms with Crippen LogP contribution >= 0.6 is 12.4 Å². The van der Waals surface area contributed by atoms with E-state index in [4.69, 9.17) is 6.85 Å². The van der Waals surface area contributed by atoms with Crippen LogP contribution < -0.4 is 4.90 Å². The van der Waals surface area contributed by atoms with Gasteiger partial charge in [-0.25, -0.2) is 0 Å². The minimum absolute atomic E-state index is 0. The highest BCUT2D eigenvalue weighted by Crippen LogP contribution is 2.25. The molecule has 146 valence electrons. The molecule has 1 aliphatic rings. The van der Waals surface area contributed by atoms with E-state index in [1.807, 2.05) is 25.1 Å². The summed E-state index contributed by atoms with van der Waals surface area (Å²) in [5.74, 6) is -0.177. The van der Waals surface area contributed by atoms with Crippen LogP contribution in [0, 0.1) is 0 Å². The lowest BCUT2D eigenvalue weighted by Gasteiger charge is -2.38. The quantitative estimate of drug-likeness (QED) is 0.666. The number of piperidine rings is 1. The molecule has 0 spiro atoms. The van der Waals surface area contributed by atoms with E-state index in [0.717, 1.165) is 26.1 Å². The highest BCUT2D eigenvalue weighted by atomic mass is 35.5. The van der Waals surface area contributed by atoms with Gasteiger partial charge in [-0.2, -0.15) is 0 Å². The van der Waals surface area contributed by atoms with Gasteiger partial charge in [0, 0.05) is 37.8 Å². The highest BCUT2D eigenvalue weighted by Gasteiger charge is 2.28. The smallest absolute Gasteiger partial charge is 0.227 e. The van der Waals surface area contributed by atoms with Crippen LogP contribution in [-0.4, -0.2) is 36.5 Å². The van der Waals surface area contributed by atoms with E-state index in [9.17, 15) is 4.79 Å². The van der Waals surface area contributed by atoms with Crippen molar-refractivity contribution in [2.45, 2.75) is 45.1 Å². The molecule has 4 heteroatoms. The van der Waals surface area contributed by atoms with Crippen LogP contribution in [0.3, 0.4) is 0 Å². The average molecular weight is 392 g/mol. The summed E-state index contributed by atoms with van der Waals surface area (Å²) in [5, 5.41) is 0. The Morgan fingerprint density at radius 3 is 2.44 bits per heavy atom. The Morgan fingerprint density at radius 2 is 1.81 bits per heavy atom. The number of carbonyl (C=O) groups is 1. The molecule has 2 aromatic rings. The molecular formula is C23H31ClN2O. The number of anilines is 1. The summed E-state index contributed by atoms with van der Waals surface area (Å²) >= 11 is 0. The predicted molar refractivity (Wildman–Crippen MR) is 116 cm³/mol. The summed E-state index contributed by atoms with van der Waals surface area (Å²) in [7, 11) is 0. The third kappa shape index (κ3) is 6.08. The van der Waals surface area contributed by atoms with Gasteiger partial charge in [0.1, 0.15) is 0 Å². The second-order valence-electron chi connectivity index (χ2n) is 6.80. The highest BCUT2D eigenvalue weighted by molar-refractivity contribution is 5.93. The third-order valence-electron chi connectivity index (χ3n) is 4.94. The van der Waals surface area contributed by atoms with E-state index in [-0.39, 0.29) is 48.5 Å². The number of likely N-dealkylation sites (tertiary alicyclic amines) is 1. The zero-order chi connectivity index (χ0) is 22.5. The SMILES string of the molecule is Cl.[2H]c1c([2H])c([2H])c(N(C(=O)CCC)C2CCN(CCc3ccccc3)CC2)c([2H])c1[2H]. The average Bonchev–Trinajstić information content (AvgIpc) is 2.79. The van der Waals surface area contributed by atoms with Crippen molar-refractivity contribution >= 4 is 24.0 Å². The van der Waals surface area contributed by atoms with Crippen LogP contribution in [0.15, 0.2) is 60.5 Å². The summed E-state index contributed by atoms with van der Waals surface area (Å²) in [6, 6.07) is 8.33. The number of benzene rings is 2. The molecule has 0 bridgehead atoms. The molecule has 0 saturated carbocycles. The van der Waals surface area contributed by atoms with Crippen molar-refractivity contribution in [1.29, 1.82) is 0 Å². The lowest BCUT2D eigenvalue weighted by Crippen LogP contribution is -2.48. The first kappa shape index (κ1) is 15.1. The second-order valence-corrected chi connectivity index (χ2v) is 6.80. The van der Waals surface area contributed by atoms with Gasteiger partial charge in [-0.1, -0.05) is 55.4 Å². The number of rotatable bonds is 7. The molecular weight excluding hydrogens is 356 g/mol. The topological polar surface area (TPSA) is 23.6 Å². The second kappa shape index (κ2) is 11.1. The van der Waals surface area contributed by atoms with Gasteiger partial charge in [0.25, 0.3) is 0 Å². The molecule has 3 nitrogen and oxygen atoms in total. The fourth-order valence-electron chi connectivity index (χ4n) is 3.54. The molecule has 0 radical (unpaired) electrons. The summed E-state index contributed by atoms with van der Waals surface area (Å²) in [4.78, 5) is 16.9. The Hall–Kier alpha value is -1.84. The Labute approximate surface area is 176 Å². The maximum Gasteiger partial charge on any atom is 0.227 e. The van der Waals surface area contributed by atoms with Gasteiger partial charge in [0.15, 0.2) is 0 Å². The molecule has 0 aromatic heterocycles. The fraction of sp³-hybridized carbons (Fsp3) is 0.435. The van der Waals surface area contributed by atoms with Crippen LogP contribution in [0.4, 0.5) is 5.69 Å². The predicted octanol–water partition coefficient (Wildman–Crippen LogP) is 4.95. The number of carbonyl (C=O) groups excluding carboxylic acids is 1. The zero-order valence-corrected chi connectivity index (χ0v) is 16.6. The van der Waals surface area contributed by atoms with Gasteiger partial charge in [0.05, 0.1) is 6.85 Å². The minimum Gasteiger partial charge on any atom is -0.309 e. The summed E-state index contributed by atoms with van der Waals surface area (Å²) in [6.45, 7) is 4.47. The van der Waals surface area contributed by atoms with Crippen LogP contribution in [0.2, 0.25) is 0 Å². The summed E-state index contributed by atoms with van der Waals surface area (Å²) in [6.07, 6.45) is 3.33. The number of hydrogen-bond acceptors (Lipinski definition) is 2. The third-order valence-corrected chi connectivity index (χ3v) is 4.94. The monoisotopic (exact) mass is 391 g/mol. The standard InChI is InChI=1S/C23H30N2O.ClH/c1-2-9-23(26)25(21-12-7-4-8-13-21)22-15-18-24(19-16-22)17-14-20-10-5-3-6-11-20;/h3-8,10-13,22H,2,9,14-19H2,1H3;1H/i4D,7D,8D,12D,13D;. The van der Waals surface area contributed by atoms with Crippen molar-refractivity contribution in [3.63, 3.8) is 0 Å². The largest absolute Gasteiger partial charge is 0.309 e. The van der Waals surface area contributed by atoms with E-state index >= 15 is 0 Å². The van der Waals surface area contributed by atoms with E-state index < -0.39 is 18.1 Å². The number of hydrogen-bond donors (Lipinski definition) is 0. The zero-order valence-electron chi connectivity index (χ0n) is 20.8. The van der Waals surface area contributed by atoms with Gasteiger partial charge >= 0.3 is 0 Å². The fourth-order valence-corrected chi connectivity index (χ4v) is 3.54. The van der Waals surface area contributed by atoms with E-state index in [1.54, 1.807) is 0 Å². The van der Waals surface area contributed by atoms with Gasteiger partial charge in [-0.15, -0.1) is 12.4 Å². The van der Waals surface area contributed by atoms with Crippen LogP contribution in [0.1, 0.15) is 45.0 Å². The molecule has 0 unspecified atom stereocenters. The molecule has 1 heterocycles. The molecule has 1 aliphatic heterocycles. The minimum atomic E-state index is -0.433. The maximum absolute atomic E-state index is 13.0. The molecule has 0 N–H and O–H groups in total. The van der Waals surface area contributed by atoms with Crippen LogP contribution in [0.25, 0.3) is 0 Å². The number of para-hydroxylation sites is 1. The first-order valence-corrected chi connectivity index (χ1v) is 9.50. The number of amides is 1. The molecule has 2 aromatic carbocycles. The Balaban J connectivity index is 0.00000363. The lowest BCUT2D eigenvalue weighted by molar-refractivity contribution is -0.119. The van der Waals surface area contributed by atoms with Crippen LogP contribution in [0.5, 0.6) is 0 Å². The molecule has 0 aliphatic carbocycles. The lowest BCUT2D eigenvalue weighted by atomic mass is 10.0. The van der Waals surface area contributed by atoms with Crippen molar-refractivity contribution in [3.8, 4) is 0 Å². The van der Waals surface area contributed by atoms with Crippen molar-refractivity contribution in [3.05, 3.63) is 66.1 Å². The van der Waals surface area contributed by atoms with E-state index in [1.165, 1.54) is 10.5 Å². The normalized spacial score (nSPS) is 17.7. The first-order valence-electron chi connectivity index (χ1n) is 12.0. The van der Waals surface area contributed by atoms with Gasteiger partial charge in [-0.3, -0.25) is 4.79 Å². The van der Waals surface area contributed by atoms with Gasteiger partial charge in [-0.05, 0) is 43.3 Å². The molecule has 27 heavy (non-hydrogen) atoms. The Bertz CT molecular complexity index is 891. The van der Waals surface area contributed by atoms with Crippen molar-refractivity contribution < 1.29 is 11.6 Å². The molecule has 1 amide bonds. The number of halogens is 1. The van der Waals surface area contributed by atoms with Gasteiger partial charge in [0.2, 0.25) is 5.91 Å². The van der Waals surface area contributed by atoms with Crippen LogP contribution in [-0.2, 0) is 11.2 Å². The van der Waals surface area contributed by atoms with Crippen molar-refractivity contribution in [2.75, 3.05) is 24.5 Å². The summed E-state index contributed by atoms with van der Waals surface area (Å²) in [5.41, 5.74) is 1.32. The molecule has 3 rings (SSSR count).